The summed E-state index contributed by atoms with van der Waals surface area (Å²) in [6.45, 7) is 0.943. The van der Waals surface area contributed by atoms with Gasteiger partial charge in [0, 0.05) is 10.6 Å². The summed E-state index contributed by atoms with van der Waals surface area (Å²) in [7, 11) is 0. The van der Waals surface area contributed by atoms with Crippen molar-refractivity contribution in [3.63, 3.8) is 0 Å². The summed E-state index contributed by atoms with van der Waals surface area (Å²) in [5.74, 6) is 0. The number of alkyl halides is 3. The second-order valence-electron chi connectivity index (χ2n) is 4.44. The molecule has 1 aromatic rings. The van der Waals surface area contributed by atoms with Crippen molar-refractivity contribution < 1.29 is 18.3 Å². The van der Waals surface area contributed by atoms with Crippen molar-refractivity contribution in [3.8, 4) is 0 Å². The zero-order chi connectivity index (χ0) is 13.4. The van der Waals surface area contributed by atoms with Crippen LogP contribution in [0.2, 0.25) is 5.02 Å². The van der Waals surface area contributed by atoms with Crippen LogP contribution in [-0.2, 0) is 11.8 Å². The molecular weight excluding hydrogens is 267 g/mol. The SMILES string of the molecule is OC1(c2c(Cl)cccc2C(F)(F)F)CCNCC1. The van der Waals surface area contributed by atoms with Crippen LogP contribution in [0.3, 0.4) is 0 Å². The Hall–Kier alpha value is -0.780. The third-order valence-electron chi connectivity index (χ3n) is 3.22. The molecule has 0 saturated carbocycles. The maximum atomic E-state index is 13.0. The van der Waals surface area contributed by atoms with Crippen molar-refractivity contribution in [1.29, 1.82) is 0 Å². The lowest BCUT2D eigenvalue weighted by Gasteiger charge is -2.35. The summed E-state index contributed by atoms with van der Waals surface area (Å²) < 4.78 is 38.9. The van der Waals surface area contributed by atoms with Crippen molar-refractivity contribution in [3.05, 3.63) is 34.3 Å². The number of aliphatic hydroxyl groups is 1. The first-order valence-electron chi connectivity index (χ1n) is 5.64. The predicted molar refractivity (Wildman–Crippen MR) is 62.5 cm³/mol. The van der Waals surface area contributed by atoms with Crippen molar-refractivity contribution in [1.82, 2.24) is 5.32 Å². The maximum Gasteiger partial charge on any atom is 0.416 e. The van der Waals surface area contributed by atoms with Crippen LogP contribution in [0.4, 0.5) is 13.2 Å². The van der Waals surface area contributed by atoms with E-state index >= 15 is 0 Å². The van der Waals surface area contributed by atoms with Crippen LogP contribution >= 0.6 is 11.6 Å². The fraction of sp³-hybridized carbons (Fsp3) is 0.500. The molecule has 2 N–H and O–H groups in total. The van der Waals surface area contributed by atoms with Gasteiger partial charge in [-0.05, 0) is 38.1 Å². The fourth-order valence-corrected chi connectivity index (χ4v) is 2.67. The molecule has 18 heavy (non-hydrogen) atoms. The molecule has 0 bridgehead atoms. The van der Waals surface area contributed by atoms with Gasteiger partial charge in [-0.1, -0.05) is 17.7 Å². The topological polar surface area (TPSA) is 32.3 Å². The summed E-state index contributed by atoms with van der Waals surface area (Å²) in [5, 5.41) is 13.4. The van der Waals surface area contributed by atoms with Crippen LogP contribution in [0.25, 0.3) is 0 Å². The second-order valence-corrected chi connectivity index (χ2v) is 4.85. The van der Waals surface area contributed by atoms with E-state index in [4.69, 9.17) is 11.6 Å². The van der Waals surface area contributed by atoms with Gasteiger partial charge in [0.05, 0.1) is 11.2 Å². The Bertz CT molecular complexity index is 441. The second kappa shape index (κ2) is 4.72. The molecule has 2 nitrogen and oxygen atoms in total. The molecule has 1 heterocycles. The van der Waals surface area contributed by atoms with Gasteiger partial charge in [0.2, 0.25) is 0 Å². The molecule has 6 heteroatoms. The summed E-state index contributed by atoms with van der Waals surface area (Å²) in [6, 6.07) is 3.59. The largest absolute Gasteiger partial charge is 0.416 e. The summed E-state index contributed by atoms with van der Waals surface area (Å²) in [4.78, 5) is 0. The molecule has 100 valence electrons. The average Bonchev–Trinajstić information content (AvgIpc) is 2.28. The van der Waals surface area contributed by atoms with E-state index < -0.39 is 17.3 Å². The first kappa shape index (κ1) is 13.6. The molecule has 0 atom stereocenters. The van der Waals surface area contributed by atoms with Crippen molar-refractivity contribution in [2.75, 3.05) is 13.1 Å². The Morgan fingerprint density at radius 2 is 1.83 bits per heavy atom. The van der Waals surface area contributed by atoms with Gasteiger partial charge in [-0.2, -0.15) is 13.2 Å². The molecule has 0 amide bonds. The van der Waals surface area contributed by atoms with Gasteiger partial charge in [-0.25, -0.2) is 0 Å². The molecule has 1 saturated heterocycles. The molecular formula is C12H13ClF3NO. The van der Waals surface area contributed by atoms with Gasteiger partial charge in [0.25, 0.3) is 0 Å². The van der Waals surface area contributed by atoms with Gasteiger partial charge in [0.1, 0.15) is 0 Å². The van der Waals surface area contributed by atoms with Crippen molar-refractivity contribution >= 4 is 11.6 Å². The molecule has 1 aliphatic rings. The zero-order valence-electron chi connectivity index (χ0n) is 9.52. The molecule has 0 radical (unpaired) electrons. The average molecular weight is 280 g/mol. The molecule has 1 aliphatic heterocycles. The molecule has 1 aromatic carbocycles. The van der Waals surface area contributed by atoms with E-state index in [1.165, 1.54) is 12.1 Å². The van der Waals surface area contributed by atoms with Gasteiger partial charge >= 0.3 is 6.18 Å². The van der Waals surface area contributed by atoms with E-state index in [0.717, 1.165) is 6.07 Å². The summed E-state index contributed by atoms with van der Waals surface area (Å²) in [6.07, 6.45) is -4.07. The van der Waals surface area contributed by atoms with Gasteiger partial charge in [-0.3, -0.25) is 0 Å². The lowest BCUT2D eigenvalue weighted by molar-refractivity contribution is -0.141. The number of benzene rings is 1. The number of nitrogens with one attached hydrogen (secondary N) is 1. The molecule has 1 fully saturated rings. The Kier molecular flexibility index (Phi) is 3.58. The fourth-order valence-electron chi connectivity index (χ4n) is 2.32. The molecule has 0 spiro atoms. The smallest absolute Gasteiger partial charge is 0.385 e. The van der Waals surface area contributed by atoms with Gasteiger partial charge in [-0.15, -0.1) is 0 Å². The highest BCUT2D eigenvalue weighted by Gasteiger charge is 2.42. The summed E-state index contributed by atoms with van der Waals surface area (Å²) >= 11 is 5.88. The number of piperidine rings is 1. The van der Waals surface area contributed by atoms with E-state index in [2.05, 4.69) is 5.32 Å². The van der Waals surface area contributed by atoms with Crippen LogP contribution in [0, 0.1) is 0 Å². The van der Waals surface area contributed by atoms with E-state index in [1.807, 2.05) is 0 Å². The van der Waals surface area contributed by atoms with E-state index in [-0.39, 0.29) is 23.4 Å². The zero-order valence-corrected chi connectivity index (χ0v) is 10.3. The molecule has 2 rings (SSSR count). The van der Waals surface area contributed by atoms with Crippen LogP contribution in [0.1, 0.15) is 24.0 Å². The minimum atomic E-state index is -4.51. The Morgan fingerprint density at radius 3 is 2.39 bits per heavy atom. The monoisotopic (exact) mass is 279 g/mol. The quantitative estimate of drug-likeness (QED) is 0.828. The first-order valence-corrected chi connectivity index (χ1v) is 6.02. The van der Waals surface area contributed by atoms with E-state index in [0.29, 0.717) is 13.1 Å². The highest BCUT2D eigenvalue weighted by atomic mass is 35.5. The minimum absolute atomic E-state index is 0.0331. The Morgan fingerprint density at radius 1 is 1.22 bits per heavy atom. The molecule has 0 unspecified atom stereocenters. The van der Waals surface area contributed by atoms with Crippen LogP contribution in [0.5, 0.6) is 0 Å². The minimum Gasteiger partial charge on any atom is -0.385 e. The number of hydrogen-bond donors (Lipinski definition) is 2. The standard InChI is InChI=1S/C12H13ClF3NO/c13-9-3-1-2-8(12(14,15)16)10(9)11(18)4-6-17-7-5-11/h1-3,17-18H,4-7H2. The molecule has 0 aliphatic carbocycles. The van der Waals surface area contributed by atoms with Gasteiger partial charge < -0.3 is 10.4 Å². The third-order valence-corrected chi connectivity index (χ3v) is 3.53. The highest BCUT2D eigenvalue weighted by Crippen LogP contribution is 2.43. The number of rotatable bonds is 1. The predicted octanol–water partition coefficient (Wildman–Crippen LogP) is 2.93. The lowest BCUT2D eigenvalue weighted by atomic mass is 9.82. The van der Waals surface area contributed by atoms with Crippen LogP contribution < -0.4 is 5.32 Å². The maximum absolute atomic E-state index is 13.0. The number of hydrogen-bond acceptors (Lipinski definition) is 2. The third kappa shape index (κ3) is 2.48. The van der Waals surface area contributed by atoms with Crippen LogP contribution in [-0.4, -0.2) is 18.2 Å². The highest BCUT2D eigenvalue weighted by molar-refractivity contribution is 6.31. The molecule has 0 aromatic heterocycles. The van der Waals surface area contributed by atoms with E-state index in [9.17, 15) is 18.3 Å². The first-order chi connectivity index (χ1) is 8.34. The Balaban J connectivity index is 2.55. The van der Waals surface area contributed by atoms with Gasteiger partial charge in [0.15, 0.2) is 0 Å². The Labute approximate surface area is 108 Å². The van der Waals surface area contributed by atoms with Crippen molar-refractivity contribution in [2.24, 2.45) is 0 Å². The number of halogens is 4. The van der Waals surface area contributed by atoms with Crippen LogP contribution in [0.15, 0.2) is 18.2 Å². The summed E-state index contributed by atoms with van der Waals surface area (Å²) in [5.41, 5.74) is -2.55. The normalized spacial score (nSPS) is 19.8. The lowest BCUT2D eigenvalue weighted by Crippen LogP contribution is -2.41. The van der Waals surface area contributed by atoms with E-state index in [1.54, 1.807) is 0 Å². The van der Waals surface area contributed by atoms with Crippen molar-refractivity contribution in [2.45, 2.75) is 24.6 Å².